The van der Waals surface area contributed by atoms with E-state index in [0.717, 1.165) is 21.3 Å². The predicted molar refractivity (Wildman–Crippen MR) is 102 cm³/mol. The van der Waals surface area contributed by atoms with E-state index in [0.29, 0.717) is 15.6 Å². The molecule has 3 rings (SSSR count). The molecule has 1 heterocycles. The van der Waals surface area contributed by atoms with Crippen molar-refractivity contribution in [2.75, 3.05) is 7.11 Å². The molecule has 0 aliphatic rings. The summed E-state index contributed by atoms with van der Waals surface area (Å²) in [6, 6.07) is 13.0. The van der Waals surface area contributed by atoms with Gasteiger partial charge in [0.1, 0.15) is 5.75 Å². The molecule has 3 aromatic rings. The van der Waals surface area contributed by atoms with E-state index in [1.54, 1.807) is 24.1 Å². The van der Waals surface area contributed by atoms with Crippen LogP contribution in [0.25, 0.3) is 11.4 Å². The smallest absolute Gasteiger partial charge is 0.216 e. The van der Waals surface area contributed by atoms with Gasteiger partial charge in [0.15, 0.2) is 5.82 Å². The van der Waals surface area contributed by atoms with E-state index in [-0.39, 0.29) is 0 Å². The standard InChI is InChI=1S/C16H12BrClN4OS/c1-23-14-6-5-10(7-13(14)17)9-19-22-15(20-21-16(22)24)11-3-2-4-12(18)8-11/h2-9H,1H3,(H,21,24). The van der Waals surface area contributed by atoms with Crippen LogP contribution in [0.15, 0.2) is 52.0 Å². The number of halogens is 2. The summed E-state index contributed by atoms with van der Waals surface area (Å²) in [5.41, 5.74) is 1.71. The molecule has 0 bridgehead atoms. The Kier molecular flexibility index (Phi) is 5.13. The molecule has 0 amide bonds. The fraction of sp³-hybridized carbons (Fsp3) is 0.0625. The summed E-state index contributed by atoms with van der Waals surface area (Å²) >= 11 is 14.8. The Balaban J connectivity index is 1.97. The van der Waals surface area contributed by atoms with E-state index < -0.39 is 0 Å². The van der Waals surface area contributed by atoms with Crippen LogP contribution in [-0.2, 0) is 0 Å². The third-order valence-electron chi connectivity index (χ3n) is 3.23. The summed E-state index contributed by atoms with van der Waals surface area (Å²) in [5, 5.41) is 12.0. The third-order valence-corrected chi connectivity index (χ3v) is 4.35. The van der Waals surface area contributed by atoms with Crippen molar-refractivity contribution in [3.8, 4) is 17.1 Å². The molecule has 2 aromatic carbocycles. The summed E-state index contributed by atoms with van der Waals surface area (Å²) < 4.78 is 8.02. The fourth-order valence-corrected chi connectivity index (χ4v) is 3.03. The van der Waals surface area contributed by atoms with Crippen LogP contribution in [0.4, 0.5) is 0 Å². The first kappa shape index (κ1) is 16.9. The first-order chi connectivity index (χ1) is 11.6. The number of ether oxygens (including phenoxy) is 1. The molecular formula is C16H12BrClN4OS. The number of nitrogens with zero attached hydrogens (tertiary/aromatic N) is 3. The lowest BCUT2D eigenvalue weighted by Crippen LogP contribution is -1.95. The van der Waals surface area contributed by atoms with Gasteiger partial charge in [0.25, 0.3) is 0 Å². The van der Waals surface area contributed by atoms with Crippen molar-refractivity contribution in [1.82, 2.24) is 14.9 Å². The van der Waals surface area contributed by atoms with Gasteiger partial charge in [-0.1, -0.05) is 23.7 Å². The number of rotatable bonds is 4. The molecule has 0 aliphatic heterocycles. The average Bonchev–Trinajstić information content (AvgIpc) is 2.94. The summed E-state index contributed by atoms with van der Waals surface area (Å²) in [6.07, 6.45) is 1.70. The van der Waals surface area contributed by atoms with Crippen LogP contribution in [0.3, 0.4) is 0 Å². The highest BCUT2D eigenvalue weighted by atomic mass is 79.9. The Labute approximate surface area is 157 Å². The highest BCUT2D eigenvalue weighted by Gasteiger charge is 2.08. The SMILES string of the molecule is COc1ccc(C=Nn2c(-c3cccc(Cl)c3)n[nH]c2=S)cc1Br. The molecule has 0 atom stereocenters. The molecule has 0 fully saturated rings. The number of hydrogen-bond acceptors (Lipinski definition) is 4. The van der Waals surface area contributed by atoms with E-state index in [9.17, 15) is 0 Å². The molecule has 1 aromatic heterocycles. The Bertz CT molecular complexity index is 967. The zero-order valence-corrected chi connectivity index (χ0v) is 15.7. The summed E-state index contributed by atoms with van der Waals surface area (Å²) in [7, 11) is 1.62. The lowest BCUT2D eigenvalue weighted by molar-refractivity contribution is 0.412. The lowest BCUT2D eigenvalue weighted by Gasteiger charge is -2.04. The van der Waals surface area contributed by atoms with Gasteiger partial charge in [0.2, 0.25) is 4.77 Å². The second-order valence-corrected chi connectivity index (χ2v) is 6.49. The summed E-state index contributed by atoms with van der Waals surface area (Å²) in [5.74, 6) is 1.35. The monoisotopic (exact) mass is 422 g/mol. The minimum atomic E-state index is 0.397. The molecule has 0 radical (unpaired) electrons. The number of hydrogen-bond donors (Lipinski definition) is 1. The number of aromatic nitrogens is 3. The van der Waals surface area contributed by atoms with Crippen molar-refractivity contribution in [2.24, 2.45) is 5.10 Å². The zero-order valence-electron chi connectivity index (χ0n) is 12.5. The quantitative estimate of drug-likeness (QED) is 0.479. The average molecular weight is 424 g/mol. The van der Waals surface area contributed by atoms with Gasteiger partial charge in [-0.25, -0.2) is 5.10 Å². The van der Waals surface area contributed by atoms with Crippen LogP contribution in [0.1, 0.15) is 5.56 Å². The van der Waals surface area contributed by atoms with E-state index in [1.165, 1.54) is 0 Å². The Hall–Kier alpha value is -1.96. The van der Waals surface area contributed by atoms with Gasteiger partial charge in [-0.2, -0.15) is 14.9 Å². The maximum absolute atomic E-state index is 6.04. The molecule has 0 spiro atoms. The topological polar surface area (TPSA) is 55.2 Å². The largest absolute Gasteiger partial charge is 0.496 e. The van der Waals surface area contributed by atoms with Crippen LogP contribution in [0.5, 0.6) is 5.75 Å². The van der Waals surface area contributed by atoms with Gasteiger partial charge in [-0.05, 0) is 64.0 Å². The Morgan fingerprint density at radius 2 is 2.17 bits per heavy atom. The van der Waals surface area contributed by atoms with Crippen LogP contribution >= 0.6 is 39.7 Å². The minimum absolute atomic E-state index is 0.397. The first-order valence-corrected chi connectivity index (χ1v) is 8.47. The first-order valence-electron chi connectivity index (χ1n) is 6.90. The van der Waals surface area contributed by atoms with Crippen LogP contribution < -0.4 is 4.74 Å². The summed E-state index contributed by atoms with van der Waals surface area (Å²) in [4.78, 5) is 0. The number of aromatic amines is 1. The number of H-pyrrole nitrogens is 1. The molecule has 0 unspecified atom stereocenters. The molecule has 0 saturated carbocycles. The molecule has 8 heteroatoms. The highest BCUT2D eigenvalue weighted by molar-refractivity contribution is 9.10. The van der Waals surface area contributed by atoms with Gasteiger partial charge in [0, 0.05) is 10.6 Å². The van der Waals surface area contributed by atoms with Crippen molar-refractivity contribution >= 4 is 46.0 Å². The van der Waals surface area contributed by atoms with Gasteiger partial charge in [-0.3, -0.25) is 0 Å². The van der Waals surface area contributed by atoms with Gasteiger partial charge < -0.3 is 4.74 Å². The molecule has 1 N–H and O–H groups in total. The Morgan fingerprint density at radius 3 is 2.88 bits per heavy atom. The maximum Gasteiger partial charge on any atom is 0.216 e. The maximum atomic E-state index is 6.04. The van der Waals surface area contributed by atoms with Gasteiger partial charge in [-0.15, -0.1) is 0 Å². The number of benzene rings is 2. The van der Waals surface area contributed by atoms with E-state index in [2.05, 4.69) is 31.2 Å². The molecular weight excluding hydrogens is 412 g/mol. The van der Waals surface area contributed by atoms with Crippen molar-refractivity contribution in [3.63, 3.8) is 0 Å². The van der Waals surface area contributed by atoms with Crippen LogP contribution in [0, 0.1) is 4.77 Å². The van der Waals surface area contributed by atoms with Crippen LogP contribution in [-0.4, -0.2) is 28.2 Å². The van der Waals surface area contributed by atoms with Gasteiger partial charge >= 0.3 is 0 Å². The third kappa shape index (κ3) is 3.58. The van der Waals surface area contributed by atoms with Crippen molar-refractivity contribution in [1.29, 1.82) is 0 Å². The number of methoxy groups -OCH3 is 1. The second-order valence-electron chi connectivity index (χ2n) is 4.81. The molecule has 0 aliphatic carbocycles. The zero-order chi connectivity index (χ0) is 17.1. The molecule has 122 valence electrons. The second kappa shape index (κ2) is 7.29. The minimum Gasteiger partial charge on any atom is -0.496 e. The lowest BCUT2D eigenvalue weighted by atomic mass is 10.2. The van der Waals surface area contributed by atoms with Crippen LogP contribution in [0.2, 0.25) is 5.02 Å². The van der Waals surface area contributed by atoms with Gasteiger partial charge in [0.05, 0.1) is 17.8 Å². The summed E-state index contributed by atoms with van der Waals surface area (Å²) in [6.45, 7) is 0. The van der Waals surface area contributed by atoms with Crippen molar-refractivity contribution in [2.45, 2.75) is 0 Å². The Morgan fingerprint density at radius 1 is 1.33 bits per heavy atom. The molecule has 0 saturated heterocycles. The van der Waals surface area contributed by atoms with Crippen molar-refractivity contribution in [3.05, 3.63) is 62.3 Å². The van der Waals surface area contributed by atoms with E-state index >= 15 is 0 Å². The van der Waals surface area contributed by atoms with E-state index in [1.807, 2.05) is 36.4 Å². The number of nitrogens with one attached hydrogen (secondary N) is 1. The normalized spacial score (nSPS) is 11.1. The molecule has 24 heavy (non-hydrogen) atoms. The fourth-order valence-electron chi connectivity index (χ4n) is 2.10. The van der Waals surface area contributed by atoms with E-state index in [4.69, 9.17) is 28.6 Å². The van der Waals surface area contributed by atoms with Crippen molar-refractivity contribution < 1.29 is 4.74 Å². The predicted octanol–water partition coefficient (Wildman–Crippen LogP) is 4.91. The molecule has 5 nitrogen and oxygen atoms in total. The highest BCUT2D eigenvalue weighted by Crippen LogP contribution is 2.25.